The van der Waals surface area contributed by atoms with Gasteiger partial charge in [0.05, 0.1) is 16.3 Å². The van der Waals surface area contributed by atoms with Gasteiger partial charge in [0.25, 0.3) is 5.91 Å². The summed E-state index contributed by atoms with van der Waals surface area (Å²) in [5.41, 5.74) is 2.50. The Morgan fingerprint density at radius 2 is 1.81 bits per heavy atom. The highest BCUT2D eigenvalue weighted by Gasteiger charge is 2.46. The number of benzene rings is 3. The van der Waals surface area contributed by atoms with Gasteiger partial charge < -0.3 is 25.5 Å². The van der Waals surface area contributed by atoms with Crippen molar-refractivity contribution >= 4 is 46.8 Å². The standard InChI is InChI=1S/C33H32ClFN8O4/c1-33(2)18-24-22(4-3-5-26(24)41-16-14-36-15-17-41)30(31(45)38-21-8-6-20(7-9-21)32(46)47)43(33)28(44)13-10-23-27(42-19-37-39-40-42)12-11-25(34)29(23)35/h3-13,19,30,36H,14-18H2,1-2H3,(H,38,45)(H,46,47)/t30-/m0/s1. The second kappa shape index (κ2) is 12.9. The van der Waals surface area contributed by atoms with Crippen molar-refractivity contribution in [3.8, 4) is 5.69 Å². The van der Waals surface area contributed by atoms with Gasteiger partial charge >= 0.3 is 5.97 Å². The molecule has 12 nitrogen and oxygen atoms in total. The molecule has 0 aliphatic carbocycles. The molecule has 3 N–H and O–H groups in total. The third-order valence-corrected chi connectivity index (χ3v) is 8.73. The number of hydrogen-bond donors (Lipinski definition) is 3. The van der Waals surface area contributed by atoms with Crippen LogP contribution in [0.1, 0.15) is 46.9 Å². The second-order valence-electron chi connectivity index (χ2n) is 11.9. The summed E-state index contributed by atoms with van der Waals surface area (Å²) in [5, 5.41) is 26.5. The van der Waals surface area contributed by atoms with Crippen LogP contribution in [0.25, 0.3) is 11.8 Å². The number of tetrazole rings is 1. The number of piperazine rings is 1. The summed E-state index contributed by atoms with van der Waals surface area (Å²) >= 11 is 6.10. The zero-order valence-corrected chi connectivity index (χ0v) is 26.4. The van der Waals surface area contributed by atoms with Crippen LogP contribution in [-0.4, -0.2) is 79.7 Å². The molecule has 2 aliphatic heterocycles. The lowest BCUT2D eigenvalue weighted by Gasteiger charge is -2.48. The average Bonchev–Trinajstić information content (AvgIpc) is 3.59. The summed E-state index contributed by atoms with van der Waals surface area (Å²) in [6.07, 6.45) is 4.28. The van der Waals surface area contributed by atoms with Crippen molar-refractivity contribution in [2.45, 2.75) is 31.8 Å². The van der Waals surface area contributed by atoms with Gasteiger partial charge in [-0.05, 0) is 90.4 Å². The molecule has 0 bridgehead atoms. The minimum Gasteiger partial charge on any atom is -0.478 e. The average molecular weight is 659 g/mol. The van der Waals surface area contributed by atoms with Crippen molar-refractivity contribution in [1.82, 2.24) is 30.4 Å². The van der Waals surface area contributed by atoms with E-state index in [9.17, 15) is 19.5 Å². The van der Waals surface area contributed by atoms with E-state index < -0.39 is 35.2 Å². The normalized spacial score (nSPS) is 17.4. The third-order valence-electron chi connectivity index (χ3n) is 8.44. The maximum atomic E-state index is 15.3. The monoisotopic (exact) mass is 658 g/mol. The van der Waals surface area contributed by atoms with Gasteiger partial charge in [0.1, 0.15) is 12.4 Å². The number of nitrogens with one attached hydrogen (secondary N) is 2. The summed E-state index contributed by atoms with van der Waals surface area (Å²) in [6, 6.07) is 13.4. The number of rotatable bonds is 7. The molecule has 1 atom stereocenters. The number of fused-ring (bicyclic) bond motifs is 1. The zero-order chi connectivity index (χ0) is 33.3. The highest BCUT2D eigenvalue weighted by atomic mass is 35.5. The van der Waals surface area contributed by atoms with Gasteiger partial charge in [-0.15, -0.1) is 5.10 Å². The molecular formula is C33H32ClFN8O4. The smallest absolute Gasteiger partial charge is 0.335 e. The molecule has 242 valence electrons. The molecule has 1 fully saturated rings. The van der Waals surface area contributed by atoms with Crippen LogP contribution in [0.4, 0.5) is 15.8 Å². The minimum absolute atomic E-state index is 0.00567. The van der Waals surface area contributed by atoms with Crippen molar-refractivity contribution in [3.05, 3.63) is 100 Å². The summed E-state index contributed by atoms with van der Waals surface area (Å²) in [5.74, 6) is -2.86. The Balaban J connectivity index is 1.42. The van der Waals surface area contributed by atoms with Crippen LogP contribution in [-0.2, 0) is 16.0 Å². The number of carbonyl (C=O) groups excluding carboxylic acids is 2. The van der Waals surface area contributed by atoms with Crippen LogP contribution >= 0.6 is 11.6 Å². The number of anilines is 2. The molecule has 1 aromatic heterocycles. The molecule has 0 unspecified atom stereocenters. The van der Waals surface area contributed by atoms with Gasteiger partial charge in [-0.25, -0.2) is 9.18 Å². The van der Waals surface area contributed by atoms with Crippen LogP contribution in [0.2, 0.25) is 5.02 Å². The van der Waals surface area contributed by atoms with Crippen LogP contribution in [0.5, 0.6) is 0 Å². The van der Waals surface area contributed by atoms with E-state index in [1.54, 1.807) is 0 Å². The molecule has 3 heterocycles. The molecule has 0 saturated carbocycles. The lowest BCUT2D eigenvalue weighted by atomic mass is 9.79. The number of carboxylic acids is 1. The van der Waals surface area contributed by atoms with E-state index in [2.05, 4.69) is 31.1 Å². The van der Waals surface area contributed by atoms with Gasteiger partial charge in [0.2, 0.25) is 5.91 Å². The Bertz CT molecular complexity index is 1860. The van der Waals surface area contributed by atoms with Crippen LogP contribution in [0, 0.1) is 5.82 Å². The van der Waals surface area contributed by atoms with Crippen LogP contribution < -0.4 is 15.5 Å². The summed E-state index contributed by atoms with van der Waals surface area (Å²) in [6.45, 7) is 7.03. The fourth-order valence-electron chi connectivity index (χ4n) is 6.26. The van der Waals surface area contributed by atoms with Gasteiger partial charge in [-0.1, -0.05) is 23.7 Å². The van der Waals surface area contributed by atoms with E-state index in [1.807, 2.05) is 32.0 Å². The summed E-state index contributed by atoms with van der Waals surface area (Å²) < 4.78 is 16.6. The molecule has 2 aliphatic rings. The largest absolute Gasteiger partial charge is 0.478 e. The molecule has 0 spiro atoms. The molecule has 3 aromatic carbocycles. The minimum atomic E-state index is -1.09. The molecule has 14 heteroatoms. The summed E-state index contributed by atoms with van der Waals surface area (Å²) in [4.78, 5) is 43.7. The van der Waals surface area contributed by atoms with Gasteiger partial charge in [-0.3, -0.25) is 9.59 Å². The van der Waals surface area contributed by atoms with Crippen molar-refractivity contribution in [1.29, 1.82) is 0 Å². The maximum Gasteiger partial charge on any atom is 0.335 e. The molecule has 0 radical (unpaired) electrons. The first-order valence-electron chi connectivity index (χ1n) is 15.0. The summed E-state index contributed by atoms with van der Waals surface area (Å²) in [7, 11) is 0. The fourth-order valence-corrected chi connectivity index (χ4v) is 6.43. The molecule has 4 aromatic rings. The quantitative estimate of drug-likeness (QED) is 0.250. The van der Waals surface area contributed by atoms with Crippen molar-refractivity contribution in [2.24, 2.45) is 0 Å². The van der Waals surface area contributed by atoms with Gasteiger partial charge in [-0.2, -0.15) is 4.68 Å². The van der Waals surface area contributed by atoms with Crippen LogP contribution in [0.15, 0.2) is 67.0 Å². The number of nitrogens with zero attached hydrogens (tertiary/aromatic N) is 6. The fraction of sp³-hybridized carbons (Fsp3) is 0.273. The highest BCUT2D eigenvalue weighted by Crippen LogP contribution is 2.43. The van der Waals surface area contributed by atoms with E-state index in [0.717, 1.165) is 37.4 Å². The van der Waals surface area contributed by atoms with E-state index in [1.165, 1.54) is 64.5 Å². The highest BCUT2D eigenvalue weighted by molar-refractivity contribution is 6.31. The third kappa shape index (κ3) is 6.31. The maximum absolute atomic E-state index is 15.3. The van der Waals surface area contributed by atoms with E-state index in [-0.39, 0.29) is 21.8 Å². The lowest BCUT2D eigenvalue weighted by Crippen LogP contribution is -2.56. The van der Waals surface area contributed by atoms with Crippen molar-refractivity contribution in [2.75, 3.05) is 36.4 Å². The molecular weight excluding hydrogens is 627 g/mol. The SMILES string of the molecule is CC1(C)Cc2c(cccc2N2CCNCC2)[C@@H](C(=O)Nc2ccc(C(=O)O)cc2)N1C(=O)C=Cc1c(-n2cnnn2)ccc(Cl)c1F. The van der Waals surface area contributed by atoms with Gasteiger partial charge in [0, 0.05) is 54.7 Å². The molecule has 2 amide bonds. The number of hydrogen-bond acceptors (Lipinski definition) is 8. The Morgan fingerprint density at radius 3 is 2.49 bits per heavy atom. The number of carbonyl (C=O) groups is 3. The van der Waals surface area contributed by atoms with E-state index >= 15 is 4.39 Å². The Morgan fingerprint density at radius 1 is 1.06 bits per heavy atom. The van der Waals surface area contributed by atoms with Crippen molar-refractivity contribution < 1.29 is 23.9 Å². The predicted molar refractivity (Wildman–Crippen MR) is 174 cm³/mol. The van der Waals surface area contributed by atoms with Crippen LogP contribution in [0.3, 0.4) is 0 Å². The number of amides is 2. The Hall–Kier alpha value is -5.14. The van der Waals surface area contributed by atoms with E-state index in [0.29, 0.717) is 17.7 Å². The topological polar surface area (TPSA) is 146 Å². The molecule has 6 rings (SSSR count). The first-order valence-corrected chi connectivity index (χ1v) is 15.4. The molecule has 1 saturated heterocycles. The Kier molecular flexibility index (Phi) is 8.76. The number of halogens is 2. The first-order chi connectivity index (χ1) is 22.5. The number of carboxylic acid groups (broad SMARTS) is 1. The lowest BCUT2D eigenvalue weighted by molar-refractivity contribution is -0.142. The predicted octanol–water partition coefficient (Wildman–Crippen LogP) is 4.12. The zero-order valence-electron chi connectivity index (χ0n) is 25.7. The second-order valence-corrected chi connectivity index (χ2v) is 12.3. The Labute approximate surface area is 274 Å². The number of aromatic nitrogens is 4. The van der Waals surface area contributed by atoms with E-state index in [4.69, 9.17) is 11.6 Å². The number of aromatic carboxylic acids is 1. The van der Waals surface area contributed by atoms with Crippen molar-refractivity contribution in [3.63, 3.8) is 0 Å². The first kappa shape index (κ1) is 31.8. The molecule has 47 heavy (non-hydrogen) atoms. The van der Waals surface area contributed by atoms with Gasteiger partial charge in [0.15, 0.2) is 5.82 Å².